The molecule has 4 rings (SSSR count). The van der Waals surface area contributed by atoms with Crippen molar-refractivity contribution in [3.8, 4) is 0 Å². The Balaban J connectivity index is 1.73. The lowest BCUT2D eigenvalue weighted by Gasteiger charge is -2.29. The first-order chi connectivity index (χ1) is 9.86. The van der Waals surface area contributed by atoms with Crippen LogP contribution in [0.4, 0.5) is 5.82 Å². The highest BCUT2D eigenvalue weighted by atomic mass is 32.1. The minimum absolute atomic E-state index is 0.759. The van der Waals surface area contributed by atoms with Gasteiger partial charge in [-0.25, -0.2) is 9.97 Å². The summed E-state index contributed by atoms with van der Waals surface area (Å²) >= 11 is 1.65. The molecule has 0 amide bonds. The van der Waals surface area contributed by atoms with Crippen molar-refractivity contribution in [3.63, 3.8) is 0 Å². The van der Waals surface area contributed by atoms with Gasteiger partial charge in [-0.3, -0.25) is 0 Å². The van der Waals surface area contributed by atoms with Gasteiger partial charge in [-0.2, -0.15) is 0 Å². The minimum Gasteiger partial charge on any atom is -0.347 e. The van der Waals surface area contributed by atoms with Crippen LogP contribution in [0.3, 0.4) is 0 Å². The normalized spacial score (nSPS) is 14.8. The van der Waals surface area contributed by atoms with Crippen LogP contribution in [0, 0.1) is 0 Å². The highest BCUT2D eigenvalue weighted by Gasteiger charge is 2.22. The Morgan fingerprint density at radius 1 is 1.25 bits per heavy atom. The zero-order chi connectivity index (χ0) is 13.5. The molecular formula is C13H14N6S. The summed E-state index contributed by atoms with van der Waals surface area (Å²) in [6, 6.07) is 2.09. The van der Waals surface area contributed by atoms with E-state index in [4.69, 9.17) is 0 Å². The van der Waals surface area contributed by atoms with Crippen LogP contribution in [0.25, 0.3) is 10.2 Å². The first kappa shape index (κ1) is 11.8. The SMILES string of the molecule is CCc1nnc2n1CCN(c1ncnc3sccc13)C2. The van der Waals surface area contributed by atoms with Crippen LogP contribution in [-0.4, -0.2) is 31.3 Å². The first-order valence-corrected chi connectivity index (χ1v) is 7.59. The van der Waals surface area contributed by atoms with Gasteiger partial charge in [0.05, 0.1) is 11.9 Å². The third-order valence-corrected chi connectivity index (χ3v) is 4.51. The maximum absolute atomic E-state index is 4.47. The summed E-state index contributed by atoms with van der Waals surface area (Å²) in [6.07, 6.45) is 2.57. The fourth-order valence-corrected chi connectivity index (χ4v) is 3.42. The molecule has 1 aliphatic heterocycles. The van der Waals surface area contributed by atoms with Crippen LogP contribution < -0.4 is 4.90 Å². The van der Waals surface area contributed by atoms with Gasteiger partial charge in [-0.1, -0.05) is 6.92 Å². The molecule has 0 radical (unpaired) electrons. The van der Waals surface area contributed by atoms with Crippen molar-refractivity contribution in [3.05, 3.63) is 29.4 Å². The summed E-state index contributed by atoms with van der Waals surface area (Å²) in [5.74, 6) is 3.10. The Hall–Kier alpha value is -2.02. The molecule has 6 nitrogen and oxygen atoms in total. The topological polar surface area (TPSA) is 59.7 Å². The molecular weight excluding hydrogens is 272 g/mol. The molecule has 3 aromatic rings. The molecule has 0 aromatic carbocycles. The van der Waals surface area contributed by atoms with Crippen molar-refractivity contribution in [2.75, 3.05) is 11.4 Å². The summed E-state index contributed by atoms with van der Waals surface area (Å²) in [7, 11) is 0. The number of hydrogen-bond acceptors (Lipinski definition) is 6. The van der Waals surface area contributed by atoms with Crippen LogP contribution in [-0.2, 0) is 19.5 Å². The minimum atomic E-state index is 0.759. The van der Waals surface area contributed by atoms with Crippen molar-refractivity contribution < 1.29 is 0 Å². The molecule has 0 saturated heterocycles. The second kappa shape index (κ2) is 4.52. The Bertz CT molecular complexity index is 761. The fourth-order valence-electron chi connectivity index (χ4n) is 2.69. The quantitative estimate of drug-likeness (QED) is 0.719. The molecule has 4 heterocycles. The lowest BCUT2D eigenvalue weighted by molar-refractivity contribution is 0.542. The van der Waals surface area contributed by atoms with Crippen molar-refractivity contribution in [2.24, 2.45) is 0 Å². The van der Waals surface area contributed by atoms with Gasteiger partial charge in [-0.15, -0.1) is 21.5 Å². The number of aromatic nitrogens is 5. The molecule has 0 N–H and O–H groups in total. The van der Waals surface area contributed by atoms with Crippen LogP contribution in [0.15, 0.2) is 17.8 Å². The van der Waals surface area contributed by atoms with Gasteiger partial charge >= 0.3 is 0 Å². The lowest BCUT2D eigenvalue weighted by Crippen LogP contribution is -2.35. The number of hydrogen-bond donors (Lipinski definition) is 0. The Kier molecular flexibility index (Phi) is 2.66. The van der Waals surface area contributed by atoms with E-state index in [9.17, 15) is 0 Å². The van der Waals surface area contributed by atoms with E-state index < -0.39 is 0 Å². The Morgan fingerprint density at radius 3 is 3.10 bits per heavy atom. The van der Waals surface area contributed by atoms with Gasteiger partial charge in [0.15, 0.2) is 5.82 Å². The average Bonchev–Trinajstić information content (AvgIpc) is 3.12. The average molecular weight is 286 g/mol. The van der Waals surface area contributed by atoms with E-state index >= 15 is 0 Å². The number of aryl methyl sites for hydroxylation is 1. The third kappa shape index (κ3) is 1.70. The number of fused-ring (bicyclic) bond motifs is 2. The molecule has 0 spiro atoms. The second-order valence-electron chi connectivity index (χ2n) is 4.80. The molecule has 102 valence electrons. The summed E-state index contributed by atoms with van der Waals surface area (Å²) in [5.41, 5.74) is 0. The number of rotatable bonds is 2. The Morgan fingerprint density at radius 2 is 2.20 bits per heavy atom. The summed E-state index contributed by atoms with van der Waals surface area (Å²) in [5, 5.41) is 11.7. The number of anilines is 1. The number of nitrogens with zero attached hydrogens (tertiary/aromatic N) is 6. The highest BCUT2D eigenvalue weighted by molar-refractivity contribution is 7.16. The van der Waals surface area contributed by atoms with Crippen molar-refractivity contribution in [2.45, 2.75) is 26.4 Å². The van der Waals surface area contributed by atoms with Gasteiger partial charge in [0, 0.05) is 19.5 Å². The largest absolute Gasteiger partial charge is 0.347 e. The van der Waals surface area contributed by atoms with E-state index in [1.807, 2.05) is 0 Å². The van der Waals surface area contributed by atoms with Crippen LogP contribution in [0.2, 0.25) is 0 Å². The predicted molar refractivity (Wildman–Crippen MR) is 77.9 cm³/mol. The zero-order valence-corrected chi connectivity index (χ0v) is 12.0. The molecule has 0 bridgehead atoms. The summed E-state index contributed by atoms with van der Waals surface area (Å²) in [6.45, 7) is 4.72. The van der Waals surface area contributed by atoms with Crippen molar-refractivity contribution >= 4 is 27.4 Å². The monoisotopic (exact) mass is 286 g/mol. The fraction of sp³-hybridized carbons (Fsp3) is 0.385. The molecule has 0 aliphatic carbocycles. The first-order valence-electron chi connectivity index (χ1n) is 6.71. The molecule has 0 fully saturated rings. The standard InChI is InChI=1S/C13H14N6S/c1-2-10-16-17-11-7-18(4-5-19(10)11)12-9-3-6-20-13(9)15-8-14-12/h3,6,8H,2,4-5,7H2,1H3. The van der Waals surface area contributed by atoms with Gasteiger partial charge < -0.3 is 9.47 Å². The van der Waals surface area contributed by atoms with Crippen LogP contribution in [0.1, 0.15) is 18.6 Å². The van der Waals surface area contributed by atoms with Gasteiger partial charge in [0.2, 0.25) is 0 Å². The molecule has 0 atom stereocenters. The number of thiophene rings is 1. The summed E-state index contributed by atoms with van der Waals surface area (Å²) < 4.78 is 2.22. The third-order valence-electron chi connectivity index (χ3n) is 3.69. The van der Waals surface area contributed by atoms with E-state index in [1.165, 1.54) is 0 Å². The van der Waals surface area contributed by atoms with E-state index in [-0.39, 0.29) is 0 Å². The molecule has 3 aromatic heterocycles. The molecule has 20 heavy (non-hydrogen) atoms. The molecule has 0 saturated carbocycles. The van der Waals surface area contributed by atoms with Crippen LogP contribution >= 0.6 is 11.3 Å². The van der Waals surface area contributed by atoms with Crippen molar-refractivity contribution in [1.29, 1.82) is 0 Å². The molecule has 1 aliphatic rings. The lowest BCUT2D eigenvalue weighted by atomic mass is 10.3. The van der Waals surface area contributed by atoms with Gasteiger partial charge in [-0.05, 0) is 11.4 Å². The maximum Gasteiger partial charge on any atom is 0.152 e. The van der Waals surface area contributed by atoms with E-state index in [2.05, 4.69) is 48.0 Å². The molecule has 7 heteroatoms. The second-order valence-corrected chi connectivity index (χ2v) is 5.69. The Labute approximate surface area is 120 Å². The van der Waals surface area contributed by atoms with E-state index in [1.54, 1.807) is 17.7 Å². The zero-order valence-electron chi connectivity index (χ0n) is 11.2. The van der Waals surface area contributed by atoms with Crippen LogP contribution in [0.5, 0.6) is 0 Å². The smallest absolute Gasteiger partial charge is 0.152 e. The highest BCUT2D eigenvalue weighted by Crippen LogP contribution is 2.28. The van der Waals surface area contributed by atoms with E-state index in [0.29, 0.717) is 0 Å². The molecule has 0 unspecified atom stereocenters. The van der Waals surface area contributed by atoms with Gasteiger partial charge in [0.25, 0.3) is 0 Å². The van der Waals surface area contributed by atoms with Gasteiger partial charge in [0.1, 0.15) is 22.8 Å². The maximum atomic E-state index is 4.47. The predicted octanol–water partition coefficient (Wildman–Crippen LogP) is 1.87. The van der Waals surface area contributed by atoms with Crippen molar-refractivity contribution in [1.82, 2.24) is 24.7 Å². The summed E-state index contributed by atoms with van der Waals surface area (Å²) in [4.78, 5) is 12.1. The van der Waals surface area contributed by atoms with E-state index in [0.717, 1.165) is 53.7 Å².